The minimum atomic E-state index is -4.04. The first kappa shape index (κ1) is 13.8. The van der Waals surface area contributed by atoms with Crippen molar-refractivity contribution < 1.29 is 17.6 Å². The van der Waals surface area contributed by atoms with Crippen molar-refractivity contribution in [2.45, 2.75) is 24.3 Å². The van der Waals surface area contributed by atoms with E-state index in [0.717, 1.165) is 6.07 Å². The molecule has 1 aromatic rings. The number of carbonyl (C=O) groups excluding carboxylic acids is 1. The van der Waals surface area contributed by atoms with E-state index >= 15 is 0 Å². The van der Waals surface area contributed by atoms with Gasteiger partial charge in [0, 0.05) is 24.7 Å². The van der Waals surface area contributed by atoms with Crippen molar-refractivity contribution >= 4 is 21.6 Å². The first-order valence-corrected chi connectivity index (χ1v) is 7.12. The summed E-state index contributed by atoms with van der Waals surface area (Å²) in [5.74, 6) is -1.07. The number of amides is 1. The second-order valence-electron chi connectivity index (χ2n) is 4.48. The average Bonchev–Trinajstić information content (AvgIpc) is 2.68. The van der Waals surface area contributed by atoms with E-state index in [0.29, 0.717) is 0 Å². The largest absolute Gasteiger partial charge is 0.399 e. The number of carbonyl (C=O) groups is 1. The molecular formula is C11H14FN3O3S. The van der Waals surface area contributed by atoms with Crippen LogP contribution in [0.1, 0.15) is 12.0 Å². The summed E-state index contributed by atoms with van der Waals surface area (Å²) in [6.45, 7) is 1.63. The summed E-state index contributed by atoms with van der Waals surface area (Å²) in [6, 6.07) is 1.85. The minimum Gasteiger partial charge on any atom is -0.399 e. The molecule has 6 nitrogen and oxygen atoms in total. The van der Waals surface area contributed by atoms with Gasteiger partial charge < -0.3 is 11.1 Å². The molecule has 0 spiro atoms. The Balaban J connectivity index is 2.32. The molecule has 0 radical (unpaired) electrons. The number of hydrogen-bond acceptors (Lipinski definition) is 4. The van der Waals surface area contributed by atoms with Crippen molar-refractivity contribution in [2.75, 3.05) is 12.3 Å². The highest BCUT2D eigenvalue weighted by Gasteiger charge is 2.29. The van der Waals surface area contributed by atoms with Crippen molar-refractivity contribution in [3.8, 4) is 0 Å². The standard InChI is InChI=1S/C11H14FN3O3S/c1-6-2-7(13)3-9(11(6)12)19(17,18)15-8-4-10(16)14-5-8/h2-3,8,15H,4-5,13H2,1H3,(H,14,16). The van der Waals surface area contributed by atoms with Crippen LogP contribution in [0.2, 0.25) is 0 Å². The predicted molar refractivity (Wildman–Crippen MR) is 67.3 cm³/mol. The molecule has 1 unspecified atom stereocenters. The first-order chi connectivity index (χ1) is 8.79. The molecular weight excluding hydrogens is 273 g/mol. The number of halogens is 1. The Hall–Kier alpha value is -1.67. The zero-order valence-corrected chi connectivity index (χ0v) is 11.1. The highest BCUT2D eigenvalue weighted by atomic mass is 32.2. The van der Waals surface area contributed by atoms with Crippen LogP contribution in [0.4, 0.5) is 10.1 Å². The van der Waals surface area contributed by atoms with Crippen LogP contribution in [0.25, 0.3) is 0 Å². The van der Waals surface area contributed by atoms with Gasteiger partial charge in [0.15, 0.2) is 0 Å². The number of nitrogens with one attached hydrogen (secondary N) is 2. The summed E-state index contributed by atoms with van der Waals surface area (Å²) < 4.78 is 40.3. The molecule has 1 aliphatic rings. The maximum absolute atomic E-state index is 13.9. The first-order valence-electron chi connectivity index (χ1n) is 5.64. The summed E-state index contributed by atoms with van der Waals surface area (Å²) in [5.41, 5.74) is 5.85. The third-order valence-corrected chi connectivity index (χ3v) is 4.35. The minimum absolute atomic E-state index is 0.0438. The number of hydrogen-bond donors (Lipinski definition) is 3. The molecule has 1 aliphatic heterocycles. The third kappa shape index (κ3) is 2.85. The molecule has 1 atom stereocenters. The van der Waals surface area contributed by atoms with Gasteiger partial charge in [0.2, 0.25) is 15.9 Å². The van der Waals surface area contributed by atoms with Crippen LogP contribution in [0.5, 0.6) is 0 Å². The molecule has 0 aromatic heterocycles. The second-order valence-corrected chi connectivity index (χ2v) is 6.16. The van der Waals surface area contributed by atoms with Crippen molar-refractivity contribution in [1.82, 2.24) is 10.0 Å². The maximum Gasteiger partial charge on any atom is 0.243 e. The van der Waals surface area contributed by atoms with Crippen LogP contribution in [-0.4, -0.2) is 26.9 Å². The fourth-order valence-corrected chi connectivity index (χ4v) is 3.35. The summed E-state index contributed by atoms with van der Waals surface area (Å²) >= 11 is 0. The van der Waals surface area contributed by atoms with E-state index < -0.39 is 26.8 Å². The molecule has 2 rings (SSSR count). The van der Waals surface area contributed by atoms with Crippen molar-refractivity contribution in [1.29, 1.82) is 0 Å². The van der Waals surface area contributed by atoms with E-state index in [2.05, 4.69) is 10.0 Å². The summed E-state index contributed by atoms with van der Waals surface area (Å²) in [6.07, 6.45) is 0.0438. The molecule has 1 fully saturated rings. The van der Waals surface area contributed by atoms with Gasteiger partial charge in [-0.2, -0.15) is 0 Å². The lowest BCUT2D eigenvalue weighted by atomic mass is 10.2. The lowest BCUT2D eigenvalue weighted by Crippen LogP contribution is -2.36. The zero-order chi connectivity index (χ0) is 14.2. The van der Waals surface area contributed by atoms with Crippen LogP contribution in [-0.2, 0) is 14.8 Å². The Labute approximate surface area is 110 Å². The fourth-order valence-electron chi connectivity index (χ4n) is 1.93. The molecule has 8 heteroatoms. The predicted octanol–water partition coefficient (Wildman–Crippen LogP) is -0.117. The van der Waals surface area contributed by atoms with Crippen LogP contribution < -0.4 is 15.8 Å². The number of anilines is 1. The Morgan fingerprint density at radius 3 is 2.74 bits per heavy atom. The third-order valence-electron chi connectivity index (χ3n) is 2.83. The Bertz CT molecular complexity index is 630. The van der Waals surface area contributed by atoms with E-state index in [4.69, 9.17) is 5.73 Å². The lowest BCUT2D eigenvalue weighted by Gasteiger charge is -2.13. The Morgan fingerprint density at radius 2 is 2.16 bits per heavy atom. The van der Waals surface area contributed by atoms with E-state index in [9.17, 15) is 17.6 Å². The van der Waals surface area contributed by atoms with Crippen LogP contribution in [0, 0.1) is 12.7 Å². The highest BCUT2D eigenvalue weighted by Crippen LogP contribution is 2.22. The molecule has 0 bridgehead atoms. The van der Waals surface area contributed by atoms with E-state index in [1.165, 1.54) is 13.0 Å². The summed E-state index contributed by atoms with van der Waals surface area (Å²) in [7, 11) is -4.04. The highest BCUT2D eigenvalue weighted by molar-refractivity contribution is 7.89. The quantitative estimate of drug-likeness (QED) is 0.675. The smallest absolute Gasteiger partial charge is 0.243 e. The van der Waals surface area contributed by atoms with Gasteiger partial charge >= 0.3 is 0 Å². The van der Waals surface area contributed by atoms with Crippen molar-refractivity contribution in [2.24, 2.45) is 0 Å². The molecule has 1 heterocycles. The fraction of sp³-hybridized carbons (Fsp3) is 0.364. The number of rotatable bonds is 3. The van der Waals surface area contributed by atoms with Gasteiger partial charge in [-0.15, -0.1) is 0 Å². The Kier molecular flexibility index (Phi) is 3.46. The van der Waals surface area contributed by atoms with Gasteiger partial charge in [0.1, 0.15) is 10.7 Å². The van der Waals surface area contributed by atoms with Gasteiger partial charge in [0.25, 0.3) is 0 Å². The molecule has 4 N–H and O–H groups in total. The van der Waals surface area contributed by atoms with Crippen molar-refractivity contribution in [3.63, 3.8) is 0 Å². The van der Waals surface area contributed by atoms with Crippen molar-refractivity contribution in [3.05, 3.63) is 23.5 Å². The molecule has 0 aliphatic carbocycles. The SMILES string of the molecule is Cc1cc(N)cc(S(=O)(=O)NC2CNC(=O)C2)c1F. The summed E-state index contributed by atoms with van der Waals surface area (Å²) in [4.78, 5) is 10.5. The zero-order valence-electron chi connectivity index (χ0n) is 10.2. The lowest BCUT2D eigenvalue weighted by molar-refractivity contribution is -0.119. The monoisotopic (exact) mass is 287 g/mol. The normalized spacial score (nSPS) is 19.5. The summed E-state index contributed by atoms with van der Waals surface area (Å²) in [5, 5.41) is 2.50. The van der Waals surface area contributed by atoms with E-state index in [-0.39, 0.29) is 30.1 Å². The number of nitrogens with two attached hydrogens (primary N) is 1. The second kappa shape index (κ2) is 4.78. The molecule has 19 heavy (non-hydrogen) atoms. The van der Waals surface area contributed by atoms with E-state index in [1.807, 2.05) is 0 Å². The average molecular weight is 287 g/mol. The Morgan fingerprint density at radius 1 is 1.47 bits per heavy atom. The molecule has 0 saturated carbocycles. The van der Waals surface area contributed by atoms with Gasteiger partial charge in [-0.1, -0.05) is 0 Å². The topological polar surface area (TPSA) is 101 Å². The van der Waals surface area contributed by atoms with Gasteiger partial charge in [-0.3, -0.25) is 4.79 Å². The maximum atomic E-state index is 13.9. The number of nitrogen functional groups attached to an aromatic ring is 1. The molecule has 1 amide bonds. The molecule has 104 valence electrons. The number of aryl methyl sites for hydroxylation is 1. The van der Waals surface area contributed by atoms with Gasteiger partial charge in [-0.25, -0.2) is 17.5 Å². The van der Waals surface area contributed by atoms with Gasteiger partial charge in [-0.05, 0) is 24.6 Å². The molecule has 1 aromatic carbocycles. The van der Waals surface area contributed by atoms with Crippen LogP contribution in [0.3, 0.4) is 0 Å². The number of sulfonamides is 1. The van der Waals surface area contributed by atoms with Gasteiger partial charge in [0.05, 0.1) is 0 Å². The molecule has 1 saturated heterocycles. The van der Waals surface area contributed by atoms with Crippen LogP contribution >= 0.6 is 0 Å². The van der Waals surface area contributed by atoms with Crippen LogP contribution in [0.15, 0.2) is 17.0 Å². The van der Waals surface area contributed by atoms with E-state index in [1.54, 1.807) is 0 Å². The number of benzene rings is 1.